The van der Waals surface area contributed by atoms with Crippen molar-refractivity contribution < 1.29 is 0 Å². The highest BCUT2D eigenvalue weighted by molar-refractivity contribution is 9.10. The van der Waals surface area contributed by atoms with Crippen LogP contribution in [0.25, 0.3) is 0 Å². The minimum Gasteiger partial charge on any atom is -0.382 e. The van der Waals surface area contributed by atoms with Crippen molar-refractivity contribution in [2.45, 2.75) is 9.92 Å². The van der Waals surface area contributed by atoms with Crippen LogP contribution in [0.4, 0.5) is 0 Å². The zero-order valence-electron chi connectivity index (χ0n) is 8.72. The van der Waals surface area contributed by atoms with Crippen LogP contribution in [0.5, 0.6) is 0 Å². The minimum atomic E-state index is -0.0273. The second-order valence-corrected chi connectivity index (χ2v) is 5.10. The Balaban J connectivity index is 2.20. The monoisotopic (exact) mass is 308 g/mol. The van der Waals surface area contributed by atoms with Crippen molar-refractivity contribution in [2.24, 2.45) is 5.73 Å². The molecule has 3 N–H and O–H groups in total. The molecule has 2 aromatic rings. The van der Waals surface area contributed by atoms with Crippen molar-refractivity contribution in [3.63, 3.8) is 0 Å². The second-order valence-electron chi connectivity index (χ2n) is 3.19. The molecule has 2 aromatic heterocycles. The van der Waals surface area contributed by atoms with Gasteiger partial charge in [-0.05, 0) is 40.2 Å². The molecule has 0 amide bonds. The molecule has 0 aliphatic rings. The van der Waals surface area contributed by atoms with Crippen LogP contribution in [0, 0.1) is 5.41 Å². The summed E-state index contributed by atoms with van der Waals surface area (Å²) < 4.78 is 0.945. The Morgan fingerprint density at radius 3 is 2.71 bits per heavy atom. The number of amidine groups is 1. The first-order valence-corrected chi connectivity index (χ1v) is 6.36. The third kappa shape index (κ3) is 3.04. The van der Waals surface area contributed by atoms with Crippen molar-refractivity contribution in [1.29, 1.82) is 5.41 Å². The molecule has 0 aromatic carbocycles. The van der Waals surface area contributed by atoms with Crippen molar-refractivity contribution in [2.75, 3.05) is 0 Å². The Labute approximate surface area is 111 Å². The maximum absolute atomic E-state index is 7.25. The second kappa shape index (κ2) is 5.29. The van der Waals surface area contributed by atoms with E-state index in [0.29, 0.717) is 5.69 Å². The van der Waals surface area contributed by atoms with Crippen LogP contribution in [0.15, 0.2) is 51.1 Å². The summed E-state index contributed by atoms with van der Waals surface area (Å²) in [5.74, 6) is -0.0273. The van der Waals surface area contributed by atoms with Gasteiger partial charge in [0.15, 0.2) is 0 Å². The number of nitrogens with one attached hydrogen (secondary N) is 1. The normalized spacial score (nSPS) is 10.2. The van der Waals surface area contributed by atoms with Gasteiger partial charge in [0.05, 0.1) is 4.47 Å². The molecule has 0 aliphatic heterocycles. The van der Waals surface area contributed by atoms with E-state index in [4.69, 9.17) is 11.1 Å². The number of aromatic nitrogens is 2. The fourth-order valence-electron chi connectivity index (χ4n) is 1.16. The van der Waals surface area contributed by atoms with Gasteiger partial charge < -0.3 is 5.73 Å². The molecular formula is C11H9BrN4S. The average molecular weight is 309 g/mol. The summed E-state index contributed by atoms with van der Waals surface area (Å²) in [6.45, 7) is 0. The van der Waals surface area contributed by atoms with Gasteiger partial charge >= 0.3 is 0 Å². The molecular weight excluding hydrogens is 300 g/mol. The zero-order valence-corrected chi connectivity index (χ0v) is 11.1. The fraction of sp³-hybridized carbons (Fsp3) is 0. The third-order valence-electron chi connectivity index (χ3n) is 1.95. The number of nitrogens with two attached hydrogens (primary N) is 1. The standard InChI is InChI=1S/C11H9BrN4S/c12-8-2-1-5-15-11(8)17-7-3-4-9(10(13)14)16-6-7/h1-6H,(H3,13,14). The summed E-state index contributed by atoms with van der Waals surface area (Å²) in [7, 11) is 0. The van der Waals surface area contributed by atoms with Crippen molar-refractivity contribution in [3.05, 3.63) is 46.8 Å². The Morgan fingerprint density at radius 2 is 2.12 bits per heavy atom. The van der Waals surface area contributed by atoms with E-state index in [9.17, 15) is 0 Å². The van der Waals surface area contributed by atoms with Gasteiger partial charge in [-0.25, -0.2) is 4.98 Å². The van der Waals surface area contributed by atoms with E-state index in [1.807, 2.05) is 18.2 Å². The summed E-state index contributed by atoms with van der Waals surface area (Å²) in [5, 5.41) is 8.13. The van der Waals surface area contributed by atoms with E-state index in [-0.39, 0.29) is 5.84 Å². The average Bonchev–Trinajstić information content (AvgIpc) is 2.33. The number of halogens is 1. The van der Waals surface area contributed by atoms with E-state index >= 15 is 0 Å². The molecule has 0 unspecified atom stereocenters. The van der Waals surface area contributed by atoms with Gasteiger partial charge in [-0.3, -0.25) is 10.4 Å². The van der Waals surface area contributed by atoms with E-state index in [1.165, 1.54) is 11.8 Å². The molecule has 2 rings (SSSR count). The molecule has 0 fully saturated rings. The molecule has 4 nitrogen and oxygen atoms in total. The molecule has 0 saturated heterocycles. The predicted octanol–water partition coefficient (Wildman–Crippen LogP) is 2.67. The molecule has 0 radical (unpaired) electrons. The highest BCUT2D eigenvalue weighted by Crippen LogP contribution is 2.30. The lowest BCUT2D eigenvalue weighted by molar-refractivity contribution is 1.10. The summed E-state index contributed by atoms with van der Waals surface area (Å²) in [6, 6.07) is 7.40. The van der Waals surface area contributed by atoms with Gasteiger partial charge in [-0.1, -0.05) is 11.8 Å². The van der Waals surface area contributed by atoms with Gasteiger partial charge in [-0.15, -0.1) is 0 Å². The Kier molecular flexibility index (Phi) is 3.75. The highest BCUT2D eigenvalue weighted by atomic mass is 79.9. The first kappa shape index (κ1) is 12.1. The highest BCUT2D eigenvalue weighted by Gasteiger charge is 2.04. The van der Waals surface area contributed by atoms with Crippen LogP contribution >= 0.6 is 27.7 Å². The lowest BCUT2D eigenvalue weighted by Crippen LogP contribution is -2.12. The number of hydrogen-bond donors (Lipinski definition) is 2. The minimum absolute atomic E-state index is 0.0273. The van der Waals surface area contributed by atoms with E-state index in [0.717, 1.165) is 14.4 Å². The molecule has 0 atom stereocenters. The number of hydrogen-bond acceptors (Lipinski definition) is 4. The summed E-state index contributed by atoms with van der Waals surface area (Å²) in [6.07, 6.45) is 3.42. The van der Waals surface area contributed by atoms with Gasteiger partial charge in [0, 0.05) is 17.3 Å². The smallest absolute Gasteiger partial charge is 0.141 e. The van der Waals surface area contributed by atoms with E-state index in [1.54, 1.807) is 18.5 Å². The predicted molar refractivity (Wildman–Crippen MR) is 71.3 cm³/mol. The molecule has 86 valence electrons. The van der Waals surface area contributed by atoms with Crippen LogP contribution in [-0.4, -0.2) is 15.8 Å². The lowest BCUT2D eigenvalue weighted by atomic mass is 10.3. The molecule has 17 heavy (non-hydrogen) atoms. The first-order valence-electron chi connectivity index (χ1n) is 4.75. The van der Waals surface area contributed by atoms with Crippen molar-refractivity contribution in [3.8, 4) is 0 Å². The number of rotatable bonds is 3. The summed E-state index contributed by atoms with van der Waals surface area (Å²) >= 11 is 4.94. The van der Waals surface area contributed by atoms with Gasteiger partial charge in [0.2, 0.25) is 0 Å². The molecule has 0 aliphatic carbocycles. The van der Waals surface area contributed by atoms with Crippen LogP contribution < -0.4 is 5.73 Å². The third-order valence-corrected chi connectivity index (χ3v) is 3.85. The molecule has 0 saturated carbocycles. The van der Waals surface area contributed by atoms with Crippen molar-refractivity contribution in [1.82, 2.24) is 9.97 Å². The first-order chi connectivity index (χ1) is 8.16. The van der Waals surface area contributed by atoms with E-state index < -0.39 is 0 Å². The number of nitrogen functional groups attached to an aromatic ring is 1. The summed E-state index contributed by atoms with van der Waals surface area (Å²) in [5.41, 5.74) is 5.82. The van der Waals surface area contributed by atoms with Gasteiger partial charge in [-0.2, -0.15) is 0 Å². The van der Waals surface area contributed by atoms with Crippen LogP contribution in [0.1, 0.15) is 5.69 Å². The largest absolute Gasteiger partial charge is 0.382 e. The molecule has 0 spiro atoms. The van der Waals surface area contributed by atoms with Crippen molar-refractivity contribution >= 4 is 33.5 Å². The molecule has 0 bridgehead atoms. The number of nitrogens with zero attached hydrogens (tertiary/aromatic N) is 2. The van der Waals surface area contributed by atoms with Gasteiger partial charge in [0.25, 0.3) is 0 Å². The number of pyridine rings is 2. The topological polar surface area (TPSA) is 75.7 Å². The summed E-state index contributed by atoms with van der Waals surface area (Å²) in [4.78, 5) is 9.30. The SMILES string of the molecule is N=C(N)c1ccc(Sc2ncccc2Br)cn1. The van der Waals surface area contributed by atoms with Crippen LogP contribution in [-0.2, 0) is 0 Å². The Morgan fingerprint density at radius 1 is 1.29 bits per heavy atom. The fourth-order valence-corrected chi connectivity index (χ4v) is 2.40. The van der Waals surface area contributed by atoms with Crippen LogP contribution in [0.2, 0.25) is 0 Å². The maximum Gasteiger partial charge on any atom is 0.141 e. The molecule has 2 heterocycles. The lowest BCUT2D eigenvalue weighted by Gasteiger charge is -2.03. The van der Waals surface area contributed by atoms with Gasteiger partial charge in [0.1, 0.15) is 16.6 Å². The van der Waals surface area contributed by atoms with Crippen LogP contribution in [0.3, 0.4) is 0 Å². The zero-order chi connectivity index (χ0) is 12.3. The molecule has 6 heteroatoms. The van der Waals surface area contributed by atoms with E-state index in [2.05, 4.69) is 25.9 Å². The maximum atomic E-state index is 7.25. The quantitative estimate of drug-likeness (QED) is 0.675. The Bertz CT molecular complexity index is 541. The Hall–Kier alpha value is -1.40.